The molecular formula is C10H15N5O3. The van der Waals surface area contributed by atoms with Crippen molar-refractivity contribution in [3.63, 3.8) is 0 Å². The summed E-state index contributed by atoms with van der Waals surface area (Å²) in [5.41, 5.74) is -1.11. The molecule has 4 N–H and O–H groups in total. The summed E-state index contributed by atoms with van der Waals surface area (Å²) in [5, 5.41) is 20.5. The number of hydrogen-bond acceptors (Lipinski definition) is 4. The van der Waals surface area contributed by atoms with E-state index in [4.69, 9.17) is 5.11 Å². The highest BCUT2D eigenvalue weighted by molar-refractivity contribution is 5.87. The minimum atomic E-state index is -1.11. The second-order valence-corrected chi connectivity index (χ2v) is 4.43. The Balaban J connectivity index is 1.91. The van der Waals surface area contributed by atoms with Crippen LogP contribution in [0.1, 0.15) is 38.1 Å². The Morgan fingerprint density at radius 2 is 2.28 bits per heavy atom. The molecule has 1 heterocycles. The van der Waals surface area contributed by atoms with Gasteiger partial charge in [-0.3, -0.25) is 5.10 Å². The predicted octanol–water partition coefficient (Wildman–Crippen LogP) is 0.172. The van der Waals surface area contributed by atoms with Crippen molar-refractivity contribution in [3.8, 4) is 0 Å². The van der Waals surface area contributed by atoms with Crippen LogP contribution >= 0.6 is 0 Å². The topological polar surface area (TPSA) is 120 Å². The number of rotatable bonds is 4. The molecule has 98 valence electrons. The highest BCUT2D eigenvalue weighted by Crippen LogP contribution is 2.31. The first-order chi connectivity index (χ1) is 8.53. The fraction of sp³-hybridized carbons (Fsp3) is 0.600. The van der Waals surface area contributed by atoms with Crippen LogP contribution in [0.4, 0.5) is 4.79 Å². The number of nitrogens with zero attached hydrogens (tertiary/aromatic N) is 2. The zero-order chi connectivity index (χ0) is 13.2. The number of carbonyl (C=O) groups is 2. The number of amides is 2. The van der Waals surface area contributed by atoms with Gasteiger partial charge in [-0.1, -0.05) is 0 Å². The first kappa shape index (κ1) is 12.3. The van der Waals surface area contributed by atoms with Gasteiger partial charge in [-0.2, -0.15) is 5.10 Å². The number of H-pyrrole nitrogens is 1. The van der Waals surface area contributed by atoms with Gasteiger partial charge >= 0.3 is 12.0 Å². The number of carboxylic acids is 1. The maximum atomic E-state index is 11.7. The predicted molar refractivity (Wildman–Crippen MR) is 60.7 cm³/mol. The van der Waals surface area contributed by atoms with Crippen LogP contribution in [-0.2, 0) is 4.79 Å². The van der Waals surface area contributed by atoms with E-state index in [-0.39, 0.29) is 6.04 Å². The molecule has 1 aliphatic rings. The molecule has 0 aliphatic heterocycles. The Hall–Kier alpha value is -2.12. The number of aromatic amines is 1. The molecule has 1 aromatic rings. The molecule has 0 aromatic carbocycles. The highest BCUT2D eigenvalue weighted by Gasteiger charge is 2.45. The maximum absolute atomic E-state index is 11.7. The molecule has 1 fully saturated rings. The molecule has 1 atom stereocenters. The van der Waals surface area contributed by atoms with Crippen molar-refractivity contribution in [2.24, 2.45) is 0 Å². The molecule has 0 radical (unpaired) electrons. The molecule has 0 saturated heterocycles. The van der Waals surface area contributed by atoms with Crippen molar-refractivity contribution in [2.45, 2.75) is 37.8 Å². The Morgan fingerprint density at radius 1 is 1.56 bits per heavy atom. The van der Waals surface area contributed by atoms with Gasteiger partial charge in [0.25, 0.3) is 0 Å². The van der Waals surface area contributed by atoms with Crippen LogP contribution in [-0.4, -0.2) is 37.8 Å². The zero-order valence-electron chi connectivity index (χ0n) is 9.93. The highest BCUT2D eigenvalue weighted by atomic mass is 16.4. The van der Waals surface area contributed by atoms with Crippen molar-refractivity contribution >= 4 is 12.0 Å². The zero-order valence-corrected chi connectivity index (χ0v) is 9.93. The van der Waals surface area contributed by atoms with Crippen molar-refractivity contribution in [1.29, 1.82) is 0 Å². The first-order valence-corrected chi connectivity index (χ1v) is 5.71. The van der Waals surface area contributed by atoms with Crippen LogP contribution in [0, 0.1) is 0 Å². The quantitative estimate of drug-likeness (QED) is 0.609. The van der Waals surface area contributed by atoms with Crippen LogP contribution in [0.5, 0.6) is 0 Å². The molecule has 1 unspecified atom stereocenters. The average molecular weight is 253 g/mol. The van der Waals surface area contributed by atoms with Gasteiger partial charge in [0.2, 0.25) is 0 Å². The second-order valence-electron chi connectivity index (χ2n) is 4.43. The number of aliphatic carboxylic acids is 1. The number of aromatic nitrogens is 3. The van der Waals surface area contributed by atoms with Crippen LogP contribution in [0.25, 0.3) is 0 Å². The minimum Gasteiger partial charge on any atom is -0.480 e. The summed E-state index contributed by atoms with van der Waals surface area (Å²) in [6.07, 6.45) is 3.08. The molecular weight excluding hydrogens is 238 g/mol. The number of nitrogens with one attached hydrogen (secondary N) is 3. The van der Waals surface area contributed by atoms with Gasteiger partial charge in [0, 0.05) is 0 Å². The van der Waals surface area contributed by atoms with E-state index in [1.807, 2.05) is 0 Å². The van der Waals surface area contributed by atoms with Gasteiger partial charge < -0.3 is 15.7 Å². The molecule has 0 bridgehead atoms. The lowest BCUT2D eigenvalue weighted by molar-refractivity contribution is -0.148. The molecule has 2 rings (SSSR count). The van der Waals surface area contributed by atoms with E-state index in [1.165, 1.54) is 6.33 Å². The number of urea groups is 1. The molecule has 18 heavy (non-hydrogen) atoms. The molecule has 8 heteroatoms. The van der Waals surface area contributed by atoms with E-state index in [0.717, 1.165) is 6.42 Å². The Morgan fingerprint density at radius 3 is 2.72 bits per heavy atom. The second kappa shape index (κ2) is 4.63. The summed E-state index contributed by atoms with van der Waals surface area (Å²) in [4.78, 5) is 26.7. The molecule has 2 amide bonds. The third-order valence-electron chi connectivity index (χ3n) is 3.16. The normalized spacial score (nSPS) is 18.5. The number of carbonyl (C=O) groups excluding carboxylic acids is 1. The summed E-state index contributed by atoms with van der Waals surface area (Å²) >= 11 is 0. The lowest BCUT2D eigenvalue weighted by Crippen LogP contribution is -2.61. The molecule has 1 aromatic heterocycles. The first-order valence-electron chi connectivity index (χ1n) is 5.71. The van der Waals surface area contributed by atoms with Crippen LogP contribution in [0.3, 0.4) is 0 Å². The van der Waals surface area contributed by atoms with Gasteiger partial charge in [-0.05, 0) is 26.2 Å². The van der Waals surface area contributed by atoms with Gasteiger partial charge in [0.1, 0.15) is 17.7 Å². The molecule has 0 spiro atoms. The SMILES string of the molecule is CC(NC(=O)NC1(C(=O)O)CCC1)c1ncn[nH]1. The van der Waals surface area contributed by atoms with Crippen molar-refractivity contribution in [3.05, 3.63) is 12.2 Å². The summed E-state index contributed by atoms with van der Waals surface area (Å²) < 4.78 is 0. The van der Waals surface area contributed by atoms with Crippen molar-refractivity contribution in [1.82, 2.24) is 25.8 Å². The summed E-state index contributed by atoms with van der Waals surface area (Å²) in [5.74, 6) is -0.473. The van der Waals surface area contributed by atoms with Gasteiger partial charge in [-0.25, -0.2) is 14.6 Å². The molecule has 1 aliphatic carbocycles. The van der Waals surface area contributed by atoms with Crippen LogP contribution in [0.15, 0.2) is 6.33 Å². The number of hydrogen-bond donors (Lipinski definition) is 4. The van der Waals surface area contributed by atoms with E-state index in [9.17, 15) is 9.59 Å². The third-order valence-corrected chi connectivity index (χ3v) is 3.16. The smallest absolute Gasteiger partial charge is 0.329 e. The fourth-order valence-corrected chi connectivity index (χ4v) is 1.86. The van der Waals surface area contributed by atoms with Crippen LogP contribution < -0.4 is 10.6 Å². The Bertz CT molecular complexity index is 440. The summed E-state index contributed by atoms with van der Waals surface area (Å²) in [6, 6.07) is -0.876. The van der Waals surface area contributed by atoms with Gasteiger partial charge in [0.05, 0.1) is 6.04 Å². The maximum Gasteiger partial charge on any atom is 0.329 e. The Labute approximate surface area is 103 Å². The monoisotopic (exact) mass is 253 g/mol. The lowest BCUT2D eigenvalue weighted by atomic mass is 9.77. The minimum absolute atomic E-state index is 0.363. The van der Waals surface area contributed by atoms with E-state index in [0.29, 0.717) is 18.7 Å². The van der Waals surface area contributed by atoms with E-state index >= 15 is 0 Å². The summed E-state index contributed by atoms with van der Waals surface area (Å²) in [7, 11) is 0. The average Bonchev–Trinajstić information content (AvgIpc) is 2.76. The Kier molecular flexibility index (Phi) is 3.17. The third kappa shape index (κ3) is 2.27. The van der Waals surface area contributed by atoms with E-state index in [1.54, 1.807) is 6.92 Å². The lowest BCUT2D eigenvalue weighted by Gasteiger charge is -2.38. The molecule has 1 saturated carbocycles. The summed E-state index contributed by atoms with van der Waals surface area (Å²) in [6.45, 7) is 1.73. The van der Waals surface area contributed by atoms with Crippen LogP contribution in [0.2, 0.25) is 0 Å². The van der Waals surface area contributed by atoms with E-state index < -0.39 is 17.5 Å². The molecule has 8 nitrogen and oxygen atoms in total. The van der Waals surface area contributed by atoms with Crippen molar-refractivity contribution in [2.75, 3.05) is 0 Å². The largest absolute Gasteiger partial charge is 0.480 e. The van der Waals surface area contributed by atoms with E-state index in [2.05, 4.69) is 25.8 Å². The van der Waals surface area contributed by atoms with Crippen molar-refractivity contribution < 1.29 is 14.7 Å². The van der Waals surface area contributed by atoms with Gasteiger partial charge in [-0.15, -0.1) is 0 Å². The fourth-order valence-electron chi connectivity index (χ4n) is 1.86. The van der Waals surface area contributed by atoms with Gasteiger partial charge in [0.15, 0.2) is 0 Å². The standard InChI is InChI=1S/C10H15N5O3/c1-6(7-11-5-12-15-7)13-9(18)14-10(8(16)17)3-2-4-10/h5-6H,2-4H2,1H3,(H,16,17)(H,11,12,15)(H2,13,14,18). The number of carboxylic acid groups (broad SMARTS) is 1.